The number of aryl methyl sites for hydroxylation is 1. The first kappa shape index (κ1) is 16.7. The monoisotopic (exact) mass is 326 g/mol. The molecule has 1 fully saturated rings. The number of nitrogens with one attached hydrogen (secondary N) is 1. The van der Waals surface area contributed by atoms with Crippen molar-refractivity contribution in [2.45, 2.75) is 38.8 Å². The van der Waals surface area contributed by atoms with E-state index in [9.17, 15) is 4.79 Å². The second-order valence-corrected chi connectivity index (χ2v) is 6.50. The van der Waals surface area contributed by atoms with Gasteiger partial charge in [0.1, 0.15) is 0 Å². The van der Waals surface area contributed by atoms with Crippen LogP contribution in [0.4, 0.5) is 5.82 Å². The third-order valence-electron chi connectivity index (χ3n) is 4.67. The van der Waals surface area contributed by atoms with Crippen molar-refractivity contribution < 1.29 is 0 Å². The number of hydrogen-bond acceptors (Lipinski definition) is 4. The number of likely N-dealkylation sites (tertiary alicyclic amines) is 1. The standard InChI is InChI=1S/C19H26N4O/c1-22-13-10-20-18(19(22)24)21-14-16-8-4-5-9-17(16)15-23-11-6-2-3-7-12-23/h4-5,8-10,13H,2-3,6-7,11-12,14-15H2,1H3,(H,20,21). The molecule has 0 amide bonds. The van der Waals surface area contributed by atoms with Crippen LogP contribution < -0.4 is 10.9 Å². The Labute approximate surface area is 143 Å². The van der Waals surface area contributed by atoms with Gasteiger partial charge in [-0.25, -0.2) is 4.98 Å². The second-order valence-electron chi connectivity index (χ2n) is 6.50. The SMILES string of the molecule is Cn1ccnc(NCc2ccccc2CN2CCCCCC2)c1=O. The van der Waals surface area contributed by atoms with Gasteiger partial charge in [-0.3, -0.25) is 9.69 Å². The maximum Gasteiger partial charge on any atom is 0.293 e. The highest BCUT2D eigenvalue weighted by atomic mass is 16.1. The number of aromatic nitrogens is 2. The molecule has 0 bridgehead atoms. The summed E-state index contributed by atoms with van der Waals surface area (Å²) >= 11 is 0. The Morgan fingerprint density at radius 2 is 1.79 bits per heavy atom. The maximum absolute atomic E-state index is 12.1. The summed E-state index contributed by atoms with van der Waals surface area (Å²) in [6.07, 6.45) is 8.60. The summed E-state index contributed by atoms with van der Waals surface area (Å²) in [5.74, 6) is 0.407. The van der Waals surface area contributed by atoms with Crippen molar-refractivity contribution in [2.24, 2.45) is 7.05 Å². The van der Waals surface area contributed by atoms with Gasteiger partial charge in [0.25, 0.3) is 5.56 Å². The molecule has 1 aliphatic heterocycles. The minimum Gasteiger partial charge on any atom is -0.361 e. The van der Waals surface area contributed by atoms with Crippen LogP contribution in [-0.4, -0.2) is 27.5 Å². The van der Waals surface area contributed by atoms with Crippen molar-refractivity contribution in [3.8, 4) is 0 Å². The van der Waals surface area contributed by atoms with E-state index >= 15 is 0 Å². The highest BCUT2D eigenvalue weighted by Gasteiger charge is 2.12. The molecule has 24 heavy (non-hydrogen) atoms. The number of hydrogen-bond donors (Lipinski definition) is 1. The van der Waals surface area contributed by atoms with Crippen molar-refractivity contribution in [3.63, 3.8) is 0 Å². The zero-order valence-corrected chi connectivity index (χ0v) is 14.4. The molecule has 2 heterocycles. The molecule has 5 heteroatoms. The summed E-state index contributed by atoms with van der Waals surface area (Å²) in [7, 11) is 1.74. The van der Waals surface area contributed by atoms with Crippen LogP contribution in [0.5, 0.6) is 0 Å². The van der Waals surface area contributed by atoms with E-state index in [0.29, 0.717) is 12.4 Å². The lowest BCUT2D eigenvalue weighted by Gasteiger charge is -2.21. The van der Waals surface area contributed by atoms with Crippen LogP contribution in [0.2, 0.25) is 0 Å². The Bertz CT molecular complexity index is 717. The van der Waals surface area contributed by atoms with E-state index in [1.807, 2.05) is 0 Å². The van der Waals surface area contributed by atoms with E-state index in [-0.39, 0.29) is 5.56 Å². The fraction of sp³-hybridized carbons (Fsp3) is 0.474. The van der Waals surface area contributed by atoms with Gasteiger partial charge in [0.15, 0.2) is 5.82 Å². The molecule has 0 saturated carbocycles. The summed E-state index contributed by atoms with van der Waals surface area (Å²) < 4.78 is 1.54. The van der Waals surface area contributed by atoms with E-state index < -0.39 is 0 Å². The largest absolute Gasteiger partial charge is 0.361 e. The van der Waals surface area contributed by atoms with Crippen molar-refractivity contribution >= 4 is 5.82 Å². The zero-order valence-electron chi connectivity index (χ0n) is 14.4. The Balaban J connectivity index is 1.69. The Morgan fingerprint density at radius 3 is 2.54 bits per heavy atom. The van der Waals surface area contributed by atoms with Crippen LogP contribution in [0.25, 0.3) is 0 Å². The quantitative estimate of drug-likeness (QED) is 0.918. The summed E-state index contributed by atoms with van der Waals surface area (Å²) in [6, 6.07) is 8.47. The molecule has 2 aromatic rings. The minimum absolute atomic E-state index is 0.0949. The molecule has 3 rings (SSSR count). The van der Waals surface area contributed by atoms with Gasteiger partial charge in [0.05, 0.1) is 0 Å². The van der Waals surface area contributed by atoms with E-state index in [1.54, 1.807) is 24.0 Å². The minimum atomic E-state index is -0.0949. The first-order valence-corrected chi connectivity index (χ1v) is 8.78. The van der Waals surface area contributed by atoms with Crippen LogP contribution in [0.15, 0.2) is 41.5 Å². The average molecular weight is 326 g/mol. The lowest BCUT2D eigenvalue weighted by Crippen LogP contribution is -2.25. The van der Waals surface area contributed by atoms with Crippen molar-refractivity contribution in [1.82, 2.24) is 14.5 Å². The predicted molar refractivity (Wildman–Crippen MR) is 97.0 cm³/mol. The van der Waals surface area contributed by atoms with Gasteiger partial charge in [-0.2, -0.15) is 0 Å². The lowest BCUT2D eigenvalue weighted by atomic mass is 10.1. The molecule has 0 unspecified atom stereocenters. The lowest BCUT2D eigenvalue weighted by molar-refractivity contribution is 0.276. The Morgan fingerprint density at radius 1 is 1.08 bits per heavy atom. The van der Waals surface area contributed by atoms with Gasteiger partial charge in [0, 0.05) is 32.5 Å². The first-order chi connectivity index (χ1) is 11.7. The number of anilines is 1. The van der Waals surface area contributed by atoms with Crippen LogP contribution in [0.3, 0.4) is 0 Å². The normalized spacial score (nSPS) is 15.9. The van der Waals surface area contributed by atoms with Gasteiger partial charge in [-0.05, 0) is 37.1 Å². The maximum atomic E-state index is 12.1. The highest BCUT2D eigenvalue weighted by Crippen LogP contribution is 2.16. The van der Waals surface area contributed by atoms with Crippen molar-refractivity contribution in [3.05, 3.63) is 58.1 Å². The van der Waals surface area contributed by atoms with E-state index in [1.165, 1.54) is 49.9 Å². The Hall–Kier alpha value is -2.14. The molecular formula is C19H26N4O. The smallest absolute Gasteiger partial charge is 0.293 e. The van der Waals surface area contributed by atoms with Gasteiger partial charge in [-0.15, -0.1) is 0 Å². The molecular weight excluding hydrogens is 300 g/mol. The molecule has 1 aromatic heterocycles. The summed E-state index contributed by atoms with van der Waals surface area (Å²) in [5, 5.41) is 3.20. The first-order valence-electron chi connectivity index (χ1n) is 8.78. The fourth-order valence-corrected chi connectivity index (χ4v) is 3.22. The van der Waals surface area contributed by atoms with Gasteiger partial charge in [0.2, 0.25) is 0 Å². The number of benzene rings is 1. The Kier molecular flexibility index (Phi) is 5.64. The fourth-order valence-electron chi connectivity index (χ4n) is 3.22. The molecule has 0 atom stereocenters. The third-order valence-corrected chi connectivity index (χ3v) is 4.67. The third kappa shape index (κ3) is 4.23. The van der Waals surface area contributed by atoms with Gasteiger partial charge < -0.3 is 9.88 Å². The molecule has 128 valence electrons. The van der Waals surface area contributed by atoms with Crippen LogP contribution in [0, 0.1) is 0 Å². The van der Waals surface area contributed by atoms with E-state index in [0.717, 1.165) is 6.54 Å². The average Bonchev–Trinajstić information content (AvgIpc) is 2.86. The van der Waals surface area contributed by atoms with Crippen molar-refractivity contribution in [2.75, 3.05) is 18.4 Å². The second kappa shape index (κ2) is 8.11. The van der Waals surface area contributed by atoms with Crippen LogP contribution in [-0.2, 0) is 20.1 Å². The molecule has 0 radical (unpaired) electrons. The molecule has 1 N–H and O–H groups in total. The van der Waals surface area contributed by atoms with Crippen LogP contribution >= 0.6 is 0 Å². The van der Waals surface area contributed by atoms with Gasteiger partial charge >= 0.3 is 0 Å². The molecule has 5 nitrogen and oxygen atoms in total. The van der Waals surface area contributed by atoms with Gasteiger partial charge in [-0.1, -0.05) is 37.1 Å². The van der Waals surface area contributed by atoms with Crippen LogP contribution in [0.1, 0.15) is 36.8 Å². The zero-order chi connectivity index (χ0) is 16.8. The summed E-state index contributed by atoms with van der Waals surface area (Å²) in [4.78, 5) is 18.8. The molecule has 0 aliphatic carbocycles. The number of rotatable bonds is 5. The summed E-state index contributed by atoms with van der Waals surface area (Å²) in [5.41, 5.74) is 2.47. The van der Waals surface area contributed by atoms with E-state index in [4.69, 9.17) is 0 Å². The number of nitrogens with zero attached hydrogens (tertiary/aromatic N) is 3. The molecule has 0 spiro atoms. The molecule has 1 saturated heterocycles. The molecule has 1 aliphatic rings. The predicted octanol–water partition coefficient (Wildman–Crippen LogP) is 2.77. The topological polar surface area (TPSA) is 50.2 Å². The molecule has 1 aromatic carbocycles. The summed E-state index contributed by atoms with van der Waals surface area (Å²) in [6.45, 7) is 3.97. The highest BCUT2D eigenvalue weighted by molar-refractivity contribution is 5.35. The van der Waals surface area contributed by atoms with E-state index in [2.05, 4.69) is 39.5 Å². The van der Waals surface area contributed by atoms with Crippen molar-refractivity contribution in [1.29, 1.82) is 0 Å².